The molecule has 4 N–H and O–H groups in total. The zero-order valence-corrected chi connectivity index (χ0v) is 18.5. The Morgan fingerprint density at radius 3 is 2.53 bits per heavy atom. The van der Waals surface area contributed by atoms with Crippen LogP contribution in [0.25, 0.3) is 10.9 Å². The van der Waals surface area contributed by atoms with E-state index in [1.54, 1.807) is 29.2 Å². The van der Waals surface area contributed by atoms with E-state index >= 15 is 0 Å². The molecule has 2 aliphatic rings. The number of H-pyrrole nitrogens is 1. The molecule has 4 amide bonds. The Kier molecular flexibility index (Phi) is 5.75. The summed E-state index contributed by atoms with van der Waals surface area (Å²) in [4.78, 5) is 55.4. The van der Waals surface area contributed by atoms with Crippen molar-refractivity contribution in [2.45, 2.75) is 31.3 Å². The molecule has 3 heterocycles. The van der Waals surface area contributed by atoms with E-state index in [0.717, 1.165) is 10.9 Å². The number of rotatable bonds is 4. The number of hydrogen-bond acceptors (Lipinski definition) is 4. The number of benzene rings is 2. The fourth-order valence-electron chi connectivity index (χ4n) is 4.51. The van der Waals surface area contributed by atoms with Gasteiger partial charge in [-0.25, -0.2) is 0 Å². The fraction of sp³-hybridized carbons (Fsp3) is 0.280. The molecule has 3 aromatic rings. The van der Waals surface area contributed by atoms with Crippen molar-refractivity contribution in [2.24, 2.45) is 0 Å². The van der Waals surface area contributed by atoms with Gasteiger partial charge in [-0.1, -0.05) is 30.3 Å². The summed E-state index contributed by atoms with van der Waals surface area (Å²) in [5.41, 5.74) is 2.27. The molecule has 0 spiro atoms. The first kappa shape index (κ1) is 21.7. The first-order valence-electron chi connectivity index (χ1n) is 11.3. The van der Waals surface area contributed by atoms with Gasteiger partial charge in [0.2, 0.25) is 11.8 Å². The van der Waals surface area contributed by atoms with E-state index in [4.69, 9.17) is 0 Å². The van der Waals surface area contributed by atoms with Crippen LogP contribution in [0.15, 0.2) is 54.6 Å². The van der Waals surface area contributed by atoms with Crippen LogP contribution in [0, 0.1) is 0 Å². The topological polar surface area (TPSA) is 123 Å². The number of fused-ring (bicyclic) bond motifs is 2. The molecule has 1 saturated heterocycles. The third kappa shape index (κ3) is 4.36. The zero-order valence-electron chi connectivity index (χ0n) is 18.5. The van der Waals surface area contributed by atoms with Crippen molar-refractivity contribution in [3.8, 4) is 0 Å². The number of nitrogens with zero attached hydrogens (tertiary/aromatic N) is 1. The number of para-hydroxylation sites is 2. The fourth-order valence-corrected chi connectivity index (χ4v) is 4.51. The van der Waals surface area contributed by atoms with E-state index in [1.807, 2.05) is 30.3 Å². The number of nitrogens with one attached hydrogen (secondary N) is 4. The molecule has 9 nitrogen and oxygen atoms in total. The molecule has 1 unspecified atom stereocenters. The minimum Gasteiger partial charge on any atom is -0.353 e. The van der Waals surface area contributed by atoms with Crippen molar-refractivity contribution in [2.75, 3.05) is 18.4 Å². The van der Waals surface area contributed by atoms with Crippen LogP contribution in [0.4, 0.5) is 5.69 Å². The molecule has 34 heavy (non-hydrogen) atoms. The number of likely N-dealkylation sites (tertiary alicyclic amines) is 1. The van der Waals surface area contributed by atoms with Gasteiger partial charge in [-0.05, 0) is 37.1 Å². The van der Waals surface area contributed by atoms with Crippen molar-refractivity contribution < 1.29 is 19.2 Å². The molecule has 2 aliphatic heterocycles. The molecule has 0 saturated carbocycles. The number of carbonyl (C=O) groups excluding carboxylic acids is 4. The van der Waals surface area contributed by atoms with Crippen molar-refractivity contribution in [1.82, 2.24) is 20.5 Å². The van der Waals surface area contributed by atoms with Crippen molar-refractivity contribution in [3.05, 3.63) is 65.9 Å². The van der Waals surface area contributed by atoms with Gasteiger partial charge in [0.15, 0.2) is 0 Å². The second-order valence-electron chi connectivity index (χ2n) is 8.67. The van der Waals surface area contributed by atoms with Crippen molar-refractivity contribution in [3.63, 3.8) is 0 Å². The Morgan fingerprint density at radius 1 is 1.00 bits per heavy atom. The van der Waals surface area contributed by atoms with E-state index in [-0.39, 0.29) is 24.3 Å². The predicted molar refractivity (Wildman–Crippen MR) is 126 cm³/mol. The number of amides is 4. The maximum absolute atomic E-state index is 12.9. The van der Waals surface area contributed by atoms with Crippen LogP contribution >= 0.6 is 0 Å². The Balaban J connectivity index is 1.14. The minimum atomic E-state index is -0.955. The minimum absolute atomic E-state index is 0.0571. The summed E-state index contributed by atoms with van der Waals surface area (Å²) >= 11 is 0. The molecular formula is C25H25N5O4. The van der Waals surface area contributed by atoms with Gasteiger partial charge < -0.3 is 25.8 Å². The van der Waals surface area contributed by atoms with Crippen LogP contribution in [0.3, 0.4) is 0 Å². The Hall–Kier alpha value is -4.14. The molecule has 1 atom stereocenters. The van der Waals surface area contributed by atoms with Crippen LogP contribution in [0.2, 0.25) is 0 Å². The Labute approximate surface area is 195 Å². The highest BCUT2D eigenvalue weighted by atomic mass is 16.2. The summed E-state index contributed by atoms with van der Waals surface area (Å²) in [6, 6.07) is 15.3. The lowest BCUT2D eigenvalue weighted by Gasteiger charge is -2.32. The number of aromatic amines is 1. The van der Waals surface area contributed by atoms with Crippen LogP contribution in [0.1, 0.15) is 40.1 Å². The van der Waals surface area contributed by atoms with Crippen LogP contribution < -0.4 is 16.0 Å². The average Bonchev–Trinajstić information content (AvgIpc) is 3.23. The largest absolute Gasteiger partial charge is 0.353 e. The van der Waals surface area contributed by atoms with Crippen LogP contribution in [-0.2, 0) is 9.59 Å². The van der Waals surface area contributed by atoms with Gasteiger partial charge >= 0.3 is 0 Å². The normalized spacial score (nSPS) is 18.6. The number of piperidine rings is 1. The van der Waals surface area contributed by atoms with Gasteiger partial charge in [0.25, 0.3) is 11.8 Å². The van der Waals surface area contributed by atoms with Crippen LogP contribution in [0.5, 0.6) is 0 Å². The Morgan fingerprint density at radius 2 is 1.74 bits per heavy atom. The number of aromatic nitrogens is 1. The summed E-state index contributed by atoms with van der Waals surface area (Å²) in [6.45, 7) is 1.05. The summed E-state index contributed by atoms with van der Waals surface area (Å²) < 4.78 is 0. The molecule has 0 radical (unpaired) electrons. The SMILES string of the molecule is O=C(CC1NC(=O)c2ccccc2NC1=O)NC1CCN(C(=O)c2cc3ccccc3[nH]2)CC1. The van der Waals surface area contributed by atoms with E-state index in [1.165, 1.54) is 0 Å². The number of anilines is 1. The van der Waals surface area contributed by atoms with Gasteiger partial charge in [0, 0.05) is 30.0 Å². The first-order valence-corrected chi connectivity index (χ1v) is 11.3. The molecule has 1 aromatic heterocycles. The van der Waals surface area contributed by atoms with Gasteiger partial charge in [-0.3, -0.25) is 19.2 Å². The molecule has 1 fully saturated rings. The maximum atomic E-state index is 12.9. The molecule has 174 valence electrons. The zero-order chi connectivity index (χ0) is 23.7. The smallest absolute Gasteiger partial charge is 0.270 e. The van der Waals surface area contributed by atoms with Crippen LogP contribution in [-0.4, -0.2) is 58.7 Å². The lowest BCUT2D eigenvalue weighted by Crippen LogP contribution is -2.49. The molecular weight excluding hydrogens is 434 g/mol. The highest BCUT2D eigenvalue weighted by Gasteiger charge is 2.31. The lowest BCUT2D eigenvalue weighted by atomic mass is 10.0. The molecule has 9 heteroatoms. The lowest BCUT2D eigenvalue weighted by molar-refractivity contribution is -0.126. The highest BCUT2D eigenvalue weighted by Crippen LogP contribution is 2.20. The molecule has 0 aliphatic carbocycles. The quantitative estimate of drug-likeness (QED) is 0.477. The van der Waals surface area contributed by atoms with Crippen molar-refractivity contribution >= 4 is 40.2 Å². The Bertz CT molecular complexity index is 1240. The monoisotopic (exact) mass is 459 g/mol. The number of hydrogen-bond donors (Lipinski definition) is 4. The van der Waals surface area contributed by atoms with E-state index in [0.29, 0.717) is 42.9 Å². The van der Waals surface area contributed by atoms with E-state index in [2.05, 4.69) is 20.9 Å². The van der Waals surface area contributed by atoms with Gasteiger partial charge in [-0.15, -0.1) is 0 Å². The molecule has 5 rings (SSSR count). The summed E-state index contributed by atoms with van der Waals surface area (Å²) in [5.74, 6) is -1.19. The summed E-state index contributed by atoms with van der Waals surface area (Å²) in [7, 11) is 0. The maximum Gasteiger partial charge on any atom is 0.270 e. The summed E-state index contributed by atoms with van der Waals surface area (Å²) in [6.07, 6.45) is 1.08. The molecule has 2 aromatic carbocycles. The van der Waals surface area contributed by atoms with Gasteiger partial charge in [0.1, 0.15) is 11.7 Å². The second-order valence-corrected chi connectivity index (χ2v) is 8.67. The standard InChI is InChI=1S/C25H25N5O4/c31-22(14-20-24(33)28-19-8-4-2-6-17(19)23(32)29-20)26-16-9-11-30(12-10-16)25(34)21-13-15-5-1-3-7-18(15)27-21/h1-8,13,16,20,27H,9-12,14H2,(H,26,31)(H,28,33)(H,29,32). The predicted octanol–water partition coefficient (Wildman–Crippen LogP) is 2.03. The second kappa shape index (κ2) is 9.01. The molecule has 0 bridgehead atoms. The van der Waals surface area contributed by atoms with E-state index < -0.39 is 17.9 Å². The van der Waals surface area contributed by atoms with E-state index in [9.17, 15) is 19.2 Å². The van der Waals surface area contributed by atoms with Crippen molar-refractivity contribution in [1.29, 1.82) is 0 Å². The third-order valence-corrected chi connectivity index (χ3v) is 6.35. The summed E-state index contributed by atoms with van der Waals surface area (Å²) in [5, 5.41) is 9.28. The number of carbonyl (C=O) groups is 4. The average molecular weight is 460 g/mol. The third-order valence-electron chi connectivity index (χ3n) is 6.35. The van der Waals surface area contributed by atoms with Gasteiger partial charge in [-0.2, -0.15) is 0 Å². The van der Waals surface area contributed by atoms with Gasteiger partial charge in [0.05, 0.1) is 17.7 Å². The highest BCUT2D eigenvalue weighted by molar-refractivity contribution is 6.10. The first-order chi connectivity index (χ1) is 16.5.